The standard InChI is InChI=1S/C16H33N3O2/c1-6-16(7-2)13(12-14(16)21-9-4)19-15(17-8-3)18-10-11-20-5/h13-14H,6-12H2,1-5H3,(H2,17,18,19). The smallest absolute Gasteiger partial charge is 0.191 e. The highest BCUT2D eigenvalue weighted by Gasteiger charge is 2.53. The van der Waals surface area contributed by atoms with E-state index in [4.69, 9.17) is 9.47 Å². The van der Waals surface area contributed by atoms with Crippen LogP contribution >= 0.6 is 0 Å². The summed E-state index contributed by atoms with van der Waals surface area (Å²) in [5.74, 6) is 0.890. The Balaban J connectivity index is 2.67. The third-order valence-corrected chi connectivity index (χ3v) is 4.69. The zero-order valence-corrected chi connectivity index (χ0v) is 14.4. The van der Waals surface area contributed by atoms with Crippen molar-refractivity contribution >= 4 is 5.96 Å². The minimum Gasteiger partial charge on any atom is -0.383 e. The molecule has 2 N–H and O–H groups in total. The summed E-state index contributed by atoms with van der Waals surface area (Å²) in [7, 11) is 1.70. The normalized spacial score (nSPS) is 24.5. The van der Waals surface area contributed by atoms with Crippen molar-refractivity contribution in [3.8, 4) is 0 Å². The third kappa shape index (κ3) is 4.33. The monoisotopic (exact) mass is 299 g/mol. The van der Waals surface area contributed by atoms with Gasteiger partial charge in [0.15, 0.2) is 5.96 Å². The van der Waals surface area contributed by atoms with E-state index in [0.717, 1.165) is 38.4 Å². The molecule has 0 bridgehead atoms. The summed E-state index contributed by atoms with van der Waals surface area (Å²) in [5, 5.41) is 6.91. The second-order valence-electron chi connectivity index (χ2n) is 5.57. The molecule has 0 aromatic heterocycles. The van der Waals surface area contributed by atoms with Gasteiger partial charge in [0.2, 0.25) is 0 Å². The van der Waals surface area contributed by atoms with Crippen molar-refractivity contribution in [2.45, 2.75) is 59.1 Å². The van der Waals surface area contributed by atoms with Gasteiger partial charge in [-0.25, -0.2) is 0 Å². The number of rotatable bonds is 9. The Labute approximate surface area is 129 Å². The molecule has 0 heterocycles. The first kappa shape index (κ1) is 18.2. The molecule has 1 aliphatic carbocycles. The lowest BCUT2D eigenvalue weighted by atomic mass is 9.58. The van der Waals surface area contributed by atoms with Gasteiger partial charge in [-0.15, -0.1) is 0 Å². The number of nitrogens with one attached hydrogen (secondary N) is 2. The topological polar surface area (TPSA) is 54.9 Å². The fourth-order valence-electron chi connectivity index (χ4n) is 3.32. The Morgan fingerprint density at radius 1 is 1.24 bits per heavy atom. The fourth-order valence-corrected chi connectivity index (χ4v) is 3.32. The predicted octanol–water partition coefficient (Wildman–Crippen LogP) is 2.17. The van der Waals surface area contributed by atoms with Crippen LogP contribution in [0.3, 0.4) is 0 Å². The molecule has 1 fully saturated rings. The van der Waals surface area contributed by atoms with Gasteiger partial charge in [0.25, 0.3) is 0 Å². The summed E-state index contributed by atoms with van der Waals surface area (Å²) in [6, 6.07) is 0.435. The lowest BCUT2D eigenvalue weighted by Crippen LogP contribution is -2.65. The summed E-state index contributed by atoms with van der Waals surface area (Å²) >= 11 is 0. The SMILES string of the molecule is CCNC(=NCCOC)NC1CC(OCC)C1(CC)CC. The largest absolute Gasteiger partial charge is 0.383 e. The Morgan fingerprint density at radius 2 is 1.95 bits per heavy atom. The van der Waals surface area contributed by atoms with Crippen LogP contribution in [-0.2, 0) is 9.47 Å². The second kappa shape index (κ2) is 9.26. The van der Waals surface area contributed by atoms with Crippen molar-refractivity contribution in [1.29, 1.82) is 0 Å². The molecular weight excluding hydrogens is 266 g/mol. The molecule has 2 unspecified atom stereocenters. The molecule has 0 amide bonds. The minimum atomic E-state index is 0.230. The number of hydrogen-bond acceptors (Lipinski definition) is 3. The van der Waals surface area contributed by atoms with Crippen LogP contribution in [0.1, 0.15) is 47.0 Å². The fraction of sp³-hybridized carbons (Fsp3) is 0.938. The first-order chi connectivity index (χ1) is 10.2. The van der Waals surface area contributed by atoms with E-state index in [1.54, 1.807) is 7.11 Å². The predicted molar refractivity (Wildman–Crippen MR) is 87.8 cm³/mol. The Kier molecular flexibility index (Phi) is 8.04. The van der Waals surface area contributed by atoms with Gasteiger partial charge in [0, 0.05) is 31.7 Å². The summed E-state index contributed by atoms with van der Waals surface area (Å²) in [6.07, 6.45) is 3.69. The minimum absolute atomic E-state index is 0.230. The van der Waals surface area contributed by atoms with Crippen molar-refractivity contribution in [2.75, 3.05) is 33.4 Å². The van der Waals surface area contributed by atoms with E-state index in [9.17, 15) is 0 Å². The molecule has 0 aromatic carbocycles. The quantitative estimate of drug-likeness (QED) is 0.389. The molecule has 0 spiro atoms. The number of methoxy groups -OCH3 is 1. The van der Waals surface area contributed by atoms with Crippen LogP contribution in [0.25, 0.3) is 0 Å². The van der Waals surface area contributed by atoms with Gasteiger partial charge >= 0.3 is 0 Å². The maximum absolute atomic E-state index is 5.93. The molecule has 1 aliphatic rings. The highest BCUT2D eigenvalue weighted by atomic mass is 16.5. The Morgan fingerprint density at radius 3 is 2.48 bits per heavy atom. The van der Waals surface area contributed by atoms with Crippen molar-refractivity contribution in [1.82, 2.24) is 10.6 Å². The van der Waals surface area contributed by atoms with Crippen LogP contribution in [-0.4, -0.2) is 51.5 Å². The molecule has 0 aliphatic heterocycles. The van der Waals surface area contributed by atoms with Gasteiger partial charge < -0.3 is 20.1 Å². The maximum Gasteiger partial charge on any atom is 0.191 e. The molecule has 21 heavy (non-hydrogen) atoms. The first-order valence-electron chi connectivity index (χ1n) is 8.33. The highest BCUT2D eigenvalue weighted by molar-refractivity contribution is 5.80. The molecule has 0 aromatic rings. The van der Waals surface area contributed by atoms with Crippen LogP contribution in [0.4, 0.5) is 0 Å². The van der Waals surface area contributed by atoms with Crippen LogP contribution in [0.15, 0.2) is 4.99 Å². The van der Waals surface area contributed by atoms with Crippen molar-refractivity contribution < 1.29 is 9.47 Å². The molecule has 0 saturated heterocycles. The van der Waals surface area contributed by atoms with E-state index >= 15 is 0 Å². The molecule has 5 nitrogen and oxygen atoms in total. The van der Waals surface area contributed by atoms with E-state index < -0.39 is 0 Å². The molecule has 124 valence electrons. The van der Waals surface area contributed by atoms with Crippen molar-refractivity contribution in [2.24, 2.45) is 10.4 Å². The molecule has 0 radical (unpaired) electrons. The molecule has 1 saturated carbocycles. The Hall–Kier alpha value is -0.810. The lowest BCUT2D eigenvalue weighted by molar-refractivity contribution is -0.133. The van der Waals surface area contributed by atoms with Gasteiger partial charge in [-0.1, -0.05) is 13.8 Å². The summed E-state index contributed by atoms with van der Waals surface area (Å²) in [6.45, 7) is 11.7. The first-order valence-corrected chi connectivity index (χ1v) is 8.33. The molecule has 1 rings (SSSR count). The summed E-state index contributed by atoms with van der Waals surface area (Å²) < 4.78 is 11.0. The van der Waals surface area contributed by atoms with E-state index in [0.29, 0.717) is 25.3 Å². The van der Waals surface area contributed by atoms with Gasteiger partial charge in [0.05, 0.1) is 19.3 Å². The van der Waals surface area contributed by atoms with Crippen LogP contribution in [0, 0.1) is 5.41 Å². The average Bonchev–Trinajstić information content (AvgIpc) is 2.48. The number of ether oxygens (including phenoxy) is 2. The third-order valence-electron chi connectivity index (χ3n) is 4.69. The highest BCUT2D eigenvalue weighted by Crippen LogP contribution is 2.48. The van der Waals surface area contributed by atoms with Gasteiger partial charge in [-0.2, -0.15) is 0 Å². The maximum atomic E-state index is 5.93. The molecular formula is C16H33N3O2. The van der Waals surface area contributed by atoms with E-state index in [1.165, 1.54) is 0 Å². The van der Waals surface area contributed by atoms with Crippen LogP contribution in [0.2, 0.25) is 0 Å². The van der Waals surface area contributed by atoms with E-state index in [1.807, 2.05) is 0 Å². The van der Waals surface area contributed by atoms with Crippen LogP contribution < -0.4 is 10.6 Å². The summed E-state index contributed by atoms with van der Waals surface area (Å²) in [4.78, 5) is 4.56. The van der Waals surface area contributed by atoms with E-state index in [-0.39, 0.29) is 5.41 Å². The lowest BCUT2D eigenvalue weighted by Gasteiger charge is -2.55. The summed E-state index contributed by atoms with van der Waals surface area (Å²) in [5.41, 5.74) is 0.230. The van der Waals surface area contributed by atoms with Gasteiger partial charge in [0.1, 0.15) is 0 Å². The molecule has 2 atom stereocenters. The number of nitrogens with zero attached hydrogens (tertiary/aromatic N) is 1. The number of aliphatic imine (C=N–C) groups is 1. The average molecular weight is 299 g/mol. The van der Waals surface area contributed by atoms with Crippen molar-refractivity contribution in [3.05, 3.63) is 0 Å². The zero-order chi connectivity index (χ0) is 15.7. The van der Waals surface area contributed by atoms with Gasteiger partial charge in [-0.05, 0) is 33.1 Å². The number of hydrogen-bond donors (Lipinski definition) is 2. The number of guanidine groups is 1. The Bertz CT molecular complexity index is 317. The molecule has 5 heteroatoms. The van der Waals surface area contributed by atoms with Gasteiger partial charge in [-0.3, -0.25) is 4.99 Å². The van der Waals surface area contributed by atoms with Crippen LogP contribution in [0.5, 0.6) is 0 Å². The van der Waals surface area contributed by atoms with E-state index in [2.05, 4.69) is 43.3 Å². The van der Waals surface area contributed by atoms with Crippen molar-refractivity contribution in [3.63, 3.8) is 0 Å². The second-order valence-corrected chi connectivity index (χ2v) is 5.57. The zero-order valence-electron chi connectivity index (χ0n) is 14.4.